The average Bonchev–Trinajstić information content (AvgIpc) is 2.12. The molecule has 2 heteroatoms. The van der Waals surface area contributed by atoms with Gasteiger partial charge in [-0.3, -0.25) is 0 Å². The third-order valence-corrected chi connectivity index (χ3v) is 2.44. The number of hydrogen-bond acceptors (Lipinski definition) is 2. The molecular weight excluding hydrogens is 174 g/mol. The summed E-state index contributed by atoms with van der Waals surface area (Å²) in [6.07, 6.45) is 7.88. The SMILES string of the molecule is CCCCCCC(C)OCCC(C)N. The molecule has 0 aliphatic carbocycles. The van der Waals surface area contributed by atoms with Gasteiger partial charge in [0.25, 0.3) is 0 Å². The van der Waals surface area contributed by atoms with Crippen LogP contribution in [0.2, 0.25) is 0 Å². The average molecular weight is 201 g/mol. The van der Waals surface area contributed by atoms with E-state index >= 15 is 0 Å². The molecule has 0 heterocycles. The molecule has 86 valence electrons. The van der Waals surface area contributed by atoms with Gasteiger partial charge in [-0.05, 0) is 26.7 Å². The molecule has 0 radical (unpaired) electrons. The summed E-state index contributed by atoms with van der Waals surface area (Å²) in [5.74, 6) is 0. The van der Waals surface area contributed by atoms with Crippen molar-refractivity contribution in [3.05, 3.63) is 0 Å². The lowest BCUT2D eigenvalue weighted by Gasteiger charge is -2.13. The highest BCUT2D eigenvalue weighted by molar-refractivity contribution is 4.55. The Morgan fingerprint density at radius 1 is 1.07 bits per heavy atom. The Labute approximate surface area is 89.2 Å². The van der Waals surface area contributed by atoms with Gasteiger partial charge in [-0.1, -0.05) is 32.6 Å². The molecule has 0 aliphatic rings. The zero-order valence-corrected chi connectivity index (χ0v) is 10.1. The van der Waals surface area contributed by atoms with Crippen molar-refractivity contribution in [2.45, 2.75) is 71.4 Å². The van der Waals surface area contributed by atoms with Crippen LogP contribution in [-0.4, -0.2) is 18.8 Å². The predicted molar refractivity (Wildman–Crippen MR) is 62.4 cm³/mol. The van der Waals surface area contributed by atoms with E-state index in [1.54, 1.807) is 0 Å². The van der Waals surface area contributed by atoms with Gasteiger partial charge in [0.1, 0.15) is 0 Å². The highest BCUT2D eigenvalue weighted by atomic mass is 16.5. The second-order valence-corrected chi connectivity index (χ2v) is 4.30. The molecule has 14 heavy (non-hydrogen) atoms. The van der Waals surface area contributed by atoms with Crippen molar-refractivity contribution < 1.29 is 4.74 Å². The first-order valence-corrected chi connectivity index (χ1v) is 6.04. The Hall–Kier alpha value is -0.0800. The van der Waals surface area contributed by atoms with Gasteiger partial charge in [-0.25, -0.2) is 0 Å². The van der Waals surface area contributed by atoms with Crippen LogP contribution in [0.3, 0.4) is 0 Å². The minimum Gasteiger partial charge on any atom is -0.378 e. The second kappa shape index (κ2) is 9.47. The molecule has 0 bridgehead atoms. The van der Waals surface area contributed by atoms with Gasteiger partial charge >= 0.3 is 0 Å². The first kappa shape index (κ1) is 13.9. The molecule has 0 amide bonds. The van der Waals surface area contributed by atoms with Crippen LogP contribution in [0.5, 0.6) is 0 Å². The lowest BCUT2D eigenvalue weighted by Crippen LogP contribution is -2.19. The molecule has 2 unspecified atom stereocenters. The molecule has 0 aromatic heterocycles. The Bertz CT molecular complexity index is 115. The predicted octanol–water partition coefficient (Wildman–Crippen LogP) is 3.10. The monoisotopic (exact) mass is 201 g/mol. The van der Waals surface area contributed by atoms with E-state index in [1.807, 2.05) is 6.92 Å². The van der Waals surface area contributed by atoms with Crippen molar-refractivity contribution in [1.29, 1.82) is 0 Å². The van der Waals surface area contributed by atoms with Gasteiger partial charge in [0, 0.05) is 12.6 Å². The standard InChI is InChI=1S/C12H27NO/c1-4-5-6-7-8-12(3)14-10-9-11(2)13/h11-12H,4-10,13H2,1-3H3. The zero-order valence-electron chi connectivity index (χ0n) is 10.1. The third-order valence-electron chi connectivity index (χ3n) is 2.44. The number of nitrogens with two attached hydrogens (primary N) is 1. The zero-order chi connectivity index (χ0) is 10.8. The summed E-state index contributed by atoms with van der Waals surface area (Å²) in [5, 5.41) is 0. The fourth-order valence-corrected chi connectivity index (χ4v) is 1.40. The van der Waals surface area contributed by atoms with E-state index in [2.05, 4.69) is 13.8 Å². The third kappa shape index (κ3) is 10.0. The van der Waals surface area contributed by atoms with Crippen molar-refractivity contribution in [3.63, 3.8) is 0 Å². The van der Waals surface area contributed by atoms with E-state index in [0.717, 1.165) is 13.0 Å². The van der Waals surface area contributed by atoms with Crippen LogP contribution < -0.4 is 5.73 Å². The van der Waals surface area contributed by atoms with Crippen molar-refractivity contribution >= 4 is 0 Å². The molecule has 0 aliphatic heterocycles. The van der Waals surface area contributed by atoms with Crippen molar-refractivity contribution in [3.8, 4) is 0 Å². The largest absolute Gasteiger partial charge is 0.378 e. The second-order valence-electron chi connectivity index (χ2n) is 4.30. The summed E-state index contributed by atoms with van der Waals surface area (Å²) >= 11 is 0. The van der Waals surface area contributed by atoms with Crippen LogP contribution in [-0.2, 0) is 4.74 Å². The van der Waals surface area contributed by atoms with Crippen LogP contribution in [0.4, 0.5) is 0 Å². The topological polar surface area (TPSA) is 35.2 Å². The Morgan fingerprint density at radius 2 is 1.79 bits per heavy atom. The van der Waals surface area contributed by atoms with Crippen LogP contribution in [0.15, 0.2) is 0 Å². The molecule has 2 nitrogen and oxygen atoms in total. The van der Waals surface area contributed by atoms with Gasteiger partial charge < -0.3 is 10.5 Å². The summed E-state index contributed by atoms with van der Waals surface area (Å²) in [6, 6.07) is 0.266. The minimum absolute atomic E-state index is 0.266. The number of unbranched alkanes of at least 4 members (excludes halogenated alkanes) is 3. The maximum Gasteiger partial charge on any atom is 0.0547 e. The Kier molecular flexibility index (Phi) is 9.42. The van der Waals surface area contributed by atoms with E-state index < -0.39 is 0 Å². The first-order valence-electron chi connectivity index (χ1n) is 6.04. The Balaban J connectivity index is 3.15. The van der Waals surface area contributed by atoms with Crippen molar-refractivity contribution in [1.82, 2.24) is 0 Å². The van der Waals surface area contributed by atoms with E-state index in [1.165, 1.54) is 32.1 Å². The normalized spacial score (nSPS) is 15.4. The molecule has 0 aromatic carbocycles. The summed E-state index contributed by atoms with van der Waals surface area (Å²) in [4.78, 5) is 0. The van der Waals surface area contributed by atoms with E-state index in [-0.39, 0.29) is 6.04 Å². The maximum absolute atomic E-state index is 5.65. The lowest BCUT2D eigenvalue weighted by atomic mass is 10.1. The number of ether oxygens (including phenoxy) is 1. The molecule has 0 fully saturated rings. The van der Waals surface area contributed by atoms with E-state index in [9.17, 15) is 0 Å². The smallest absolute Gasteiger partial charge is 0.0547 e. The van der Waals surface area contributed by atoms with Crippen molar-refractivity contribution in [2.24, 2.45) is 5.73 Å². The fraction of sp³-hybridized carbons (Fsp3) is 1.00. The molecule has 2 atom stereocenters. The molecule has 0 saturated carbocycles. The highest BCUT2D eigenvalue weighted by Crippen LogP contribution is 2.08. The number of rotatable bonds is 9. The maximum atomic E-state index is 5.65. The quantitative estimate of drug-likeness (QED) is 0.582. The Morgan fingerprint density at radius 3 is 2.36 bits per heavy atom. The molecule has 0 spiro atoms. The highest BCUT2D eigenvalue weighted by Gasteiger charge is 2.02. The molecule has 2 N–H and O–H groups in total. The van der Waals surface area contributed by atoms with Gasteiger partial charge in [0.15, 0.2) is 0 Å². The van der Waals surface area contributed by atoms with Crippen molar-refractivity contribution in [2.75, 3.05) is 6.61 Å². The van der Waals surface area contributed by atoms with Crippen LogP contribution in [0.1, 0.15) is 59.3 Å². The van der Waals surface area contributed by atoms with Gasteiger partial charge in [-0.15, -0.1) is 0 Å². The van der Waals surface area contributed by atoms with E-state index in [0.29, 0.717) is 6.10 Å². The fourth-order valence-electron chi connectivity index (χ4n) is 1.40. The van der Waals surface area contributed by atoms with E-state index in [4.69, 9.17) is 10.5 Å². The molecule has 0 rings (SSSR count). The molecule has 0 saturated heterocycles. The van der Waals surface area contributed by atoms with Crippen LogP contribution >= 0.6 is 0 Å². The number of hydrogen-bond donors (Lipinski definition) is 1. The summed E-state index contributed by atoms with van der Waals surface area (Å²) in [5.41, 5.74) is 5.64. The summed E-state index contributed by atoms with van der Waals surface area (Å²) < 4.78 is 5.65. The van der Waals surface area contributed by atoms with Gasteiger partial charge in [0.2, 0.25) is 0 Å². The van der Waals surface area contributed by atoms with Gasteiger partial charge in [-0.2, -0.15) is 0 Å². The van der Waals surface area contributed by atoms with Crippen LogP contribution in [0.25, 0.3) is 0 Å². The lowest BCUT2D eigenvalue weighted by molar-refractivity contribution is 0.0547. The van der Waals surface area contributed by atoms with Gasteiger partial charge in [0.05, 0.1) is 6.10 Å². The summed E-state index contributed by atoms with van der Waals surface area (Å²) in [6.45, 7) is 7.23. The molecular formula is C12H27NO. The minimum atomic E-state index is 0.266. The molecule has 0 aromatic rings. The first-order chi connectivity index (χ1) is 6.66. The summed E-state index contributed by atoms with van der Waals surface area (Å²) in [7, 11) is 0. The van der Waals surface area contributed by atoms with Crippen LogP contribution in [0, 0.1) is 0 Å².